The highest BCUT2D eigenvalue weighted by Crippen LogP contribution is 2.39. The van der Waals surface area contributed by atoms with Crippen LogP contribution < -0.4 is 10.6 Å². The highest BCUT2D eigenvalue weighted by molar-refractivity contribution is 5.93. The van der Waals surface area contributed by atoms with Crippen LogP contribution in [0.1, 0.15) is 48.9 Å². The summed E-state index contributed by atoms with van der Waals surface area (Å²) in [6.07, 6.45) is 6.59. The van der Waals surface area contributed by atoms with E-state index >= 15 is 0 Å². The van der Waals surface area contributed by atoms with Gasteiger partial charge in [0, 0.05) is 13.5 Å². The second kappa shape index (κ2) is 12.0. The van der Waals surface area contributed by atoms with Gasteiger partial charge in [-0.2, -0.15) is 5.26 Å². The molecular formula is C32H32N6O2. The first-order valence-corrected chi connectivity index (χ1v) is 13.6. The van der Waals surface area contributed by atoms with Crippen molar-refractivity contribution in [1.82, 2.24) is 25.6 Å². The van der Waals surface area contributed by atoms with Crippen LogP contribution in [0.25, 0.3) is 16.8 Å². The quantitative estimate of drug-likeness (QED) is 0.347. The molecule has 0 saturated heterocycles. The Morgan fingerprint density at radius 2 is 1.60 bits per heavy atom. The Labute approximate surface area is 234 Å². The van der Waals surface area contributed by atoms with Gasteiger partial charge in [0.15, 0.2) is 0 Å². The van der Waals surface area contributed by atoms with Gasteiger partial charge in [0.25, 0.3) is 0 Å². The van der Waals surface area contributed by atoms with E-state index in [1.165, 1.54) is 0 Å². The number of nitrogens with zero attached hydrogens (tertiary/aromatic N) is 4. The van der Waals surface area contributed by atoms with Gasteiger partial charge in [-0.25, -0.2) is 4.68 Å². The smallest absolute Gasteiger partial charge is 0.242 e. The summed E-state index contributed by atoms with van der Waals surface area (Å²) in [4.78, 5) is 26.7. The summed E-state index contributed by atoms with van der Waals surface area (Å²) in [6, 6.07) is 26.5. The highest BCUT2D eigenvalue weighted by atomic mass is 16.2. The maximum atomic E-state index is 13.8. The van der Waals surface area contributed by atoms with Crippen molar-refractivity contribution in [2.75, 3.05) is 7.05 Å². The molecule has 1 aliphatic carbocycles. The molecule has 8 heteroatoms. The molecule has 0 radical (unpaired) electrons. The Bertz CT molecular complexity index is 1500. The van der Waals surface area contributed by atoms with Crippen molar-refractivity contribution < 1.29 is 9.59 Å². The van der Waals surface area contributed by atoms with E-state index in [0.29, 0.717) is 11.3 Å². The van der Waals surface area contributed by atoms with Crippen molar-refractivity contribution in [3.05, 3.63) is 102 Å². The molecule has 2 N–H and O–H groups in total. The Balaban J connectivity index is 1.32. The van der Waals surface area contributed by atoms with Gasteiger partial charge in [-0.3, -0.25) is 9.59 Å². The third-order valence-electron chi connectivity index (χ3n) is 7.77. The summed E-state index contributed by atoms with van der Waals surface area (Å²) in [6.45, 7) is 0. The number of hydrogen-bond acceptors (Lipinski definition) is 5. The lowest BCUT2D eigenvalue weighted by Crippen LogP contribution is -2.54. The lowest BCUT2D eigenvalue weighted by atomic mass is 9.68. The standard InChI is InChI=1S/C32H32N6O2/c1-34-30(39)29(35-31(40)32(18-6-3-7-19-32)26-8-4-2-5-9-26)20-27-22-38(37-36-27)28-16-14-25(15-17-28)24-12-10-23(21-33)11-13-24/h2,4-5,8-17,22,29H,3,6-7,18-20H2,1H3,(H,34,39)(H,35,40). The van der Waals surface area contributed by atoms with Crippen molar-refractivity contribution >= 4 is 11.8 Å². The predicted octanol–water partition coefficient (Wildman–Crippen LogP) is 4.48. The zero-order chi connectivity index (χ0) is 28.0. The molecule has 1 aliphatic rings. The number of hydrogen-bond donors (Lipinski definition) is 2. The van der Waals surface area contributed by atoms with E-state index in [0.717, 1.165) is 54.5 Å². The van der Waals surface area contributed by atoms with Crippen LogP contribution in [0.15, 0.2) is 85.1 Å². The lowest BCUT2D eigenvalue weighted by Gasteiger charge is -2.37. The minimum absolute atomic E-state index is 0.113. The molecule has 202 valence electrons. The second-order valence-electron chi connectivity index (χ2n) is 10.2. The predicted molar refractivity (Wildman–Crippen MR) is 152 cm³/mol. The first-order valence-electron chi connectivity index (χ1n) is 13.6. The van der Waals surface area contributed by atoms with Crippen LogP contribution in [0, 0.1) is 11.3 Å². The lowest BCUT2D eigenvalue weighted by molar-refractivity contribution is -0.133. The van der Waals surface area contributed by atoms with E-state index in [1.807, 2.05) is 66.7 Å². The molecule has 2 amide bonds. The molecular weight excluding hydrogens is 500 g/mol. The molecule has 1 heterocycles. The van der Waals surface area contributed by atoms with Gasteiger partial charge in [-0.1, -0.05) is 79.1 Å². The van der Waals surface area contributed by atoms with Crippen molar-refractivity contribution in [1.29, 1.82) is 5.26 Å². The number of benzene rings is 3. The zero-order valence-corrected chi connectivity index (χ0v) is 22.5. The number of carbonyl (C=O) groups excluding carboxylic acids is 2. The normalized spacial score (nSPS) is 15.0. The molecule has 0 bridgehead atoms. The van der Waals surface area contributed by atoms with Crippen LogP contribution in [0.2, 0.25) is 0 Å². The van der Waals surface area contributed by atoms with Crippen LogP contribution in [0.4, 0.5) is 0 Å². The maximum Gasteiger partial charge on any atom is 0.242 e. The number of rotatable bonds is 8. The largest absolute Gasteiger partial charge is 0.357 e. The molecule has 1 fully saturated rings. The molecule has 1 unspecified atom stereocenters. The summed E-state index contributed by atoms with van der Waals surface area (Å²) in [5, 5.41) is 23.3. The maximum absolute atomic E-state index is 13.8. The van der Waals surface area contributed by atoms with E-state index in [9.17, 15) is 9.59 Å². The summed E-state index contributed by atoms with van der Waals surface area (Å²) in [5.41, 5.74) is 4.43. The van der Waals surface area contributed by atoms with Gasteiger partial charge >= 0.3 is 0 Å². The van der Waals surface area contributed by atoms with Crippen LogP contribution in [0.5, 0.6) is 0 Å². The number of nitrogens with one attached hydrogen (secondary N) is 2. The summed E-state index contributed by atoms with van der Waals surface area (Å²) < 4.78 is 1.66. The fourth-order valence-corrected chi connectivity index (χ4v) is 5.51. The molecule has 0 aliphatic heterocycles. The number of nitriles is 1. The molecule has 4 aromatic rings. The van der Waals surface area contributed by atoms with Crippen LogP contribution >= 0.6 is 0 Å². The fraction of sp³-hybridized carbons (Fsp3) is 0.281. The first-order chi connectivity index (χ1) is 19.5. The monoisotopic (exact) mass is 532 g/mol. The molecule has 1 saturated carbocycles. The third-order valence-corrected chi connectivity index (χ3v) is 7.77. The van der Waals surface area contributed by atoms with Gasteiger partial charge in [-0.15, -0.1) is 5.10 Å². The Hall–Kier alpha value is -4.77. The Morgan fingerprint density at radius 1 is 0.950 bits per heavy atom. The number of amides is 2. The van der Waals surface area contributed by atoms with E-state index in [1.54, 1.807) is 30.1 Å². The van der Waals surface area contributed by atoms with Crippen LogP contribution in [0.3, 0.4) is 0 Å². The molecule has 0 spiro atoms. The van der Waals surface area contributed by atoms with E-state index in [4.69, 9.17) is 5.26 Å². The molecule has 3 aromatic carbocycles. The second-order valence-corrected chi connectivity index (χ2v) is 10.2. The first kappa shape index (κ1) is 26.8. The van der Waals surface area contributed by atoms with E-state index < -0.39 is 11.5 Å². The fourth-order valence-electron chi connectivity index (χ4n) is 5.51. The molecule has 5 rings (SSSR count). The third kappa shape index (κ3) is 5.64. The highest BCUT2D eigenvalue weighted by Gasteiger charge is 2.42. The van der Waals surface area contributed by atoms with Gasteiger partial charge in [-0.05, 0) is 53.8 Å². The van der Waals surface area contributed by atoms with E-state index in [-0.39, 0.29) is 18.2 Å². The van der Waals surface area contributed by atoms with Gasteiger partial charge in [0.2, 0.25) is 11.8 Å². The number of likely N-dealkylation sites (N-methyl/N-ethyl adjacent to an activating group) is 1. The summed E-state index contributed by atoms with van der Waals surface area (Å²) in [7, 11) is 1.57. The van der Waals surface area contributed by atoms with E-state index in [2.05, 4.69) is 27.0 Å². The SMILES string of the molecule is CNC(=O)C(Cc1cn(-c2ccc(-c3ccc(C#N)cc3)cc2)nn1)NC(=O)C1(c2ccccc2)CCCCC1. The van der Waals surface area contributed by atoms with Gasteiger partial charge in [0.1, 0.15) is 6.04 Å². The van der Waals surface area contributed by atoms with Crippen LogP contribution in [-0.4, -0.2) is 39.9 Å². The topological polar surface area (TPSA) is 113 Å². The van der Waals surface area contributed by atoms with Crippen molar-refractivity contribution in [3.63, 3.8) is 0 Å². The average Bonchev–Trinajstić information content (AvgIpc) is 3.49. The average molecular weight is 533 g/mol. The van der Waals surface area contributed by atoms with Crippen molar-refractivity contribution in [2.45, 2.75) is 50.0 Å². The summed E-state index contributed by atoms with van der Waals surface area (Å²) >= 11 is 0. The molecule has 40 heavy (non-hydrogen) atoms. The van der Waals surface area contributed by atoms with Crippen molar-refractivity contribution in [3.8, 4) is 22.9 Å². The zero-order valence-electron chi connectivity index (χ0n) is 22.5. The van der Waals surface area contributed by atoms with Crippen LogP contribution in [-0.2, 0) is 21.4 Å². The van der Waals surface area contributed by atoms with Gasteiger partial charge in [0.05, 0.1) is 34.6 Å². The minimum Gasteiger partial charge on any atom is -0.357 e. The summed E-state index contributed by atoms with van der Waals surface area (Å²) in [5.74, 6) is -0.383. The molecule has 1 aromatic heterocycles. The number of carbonyl (C=O) groups is 2. The van der Waals surface area contributed by atoms with Gasteiger partial charge < -0.3 is 10.6 Å². The minimum atomic E-state index is -0.774. The Kier molecular flexibility index (Phi) is 8.02. The Morgan fingerprint density at radius 3 is 2.23 bits per heavy atom. The molecule has 1 atom stereocenters. The molecule has 8 nitrogen and oxygen atoms in total. The number of aromatic nitrogens is 3. The van der Waals surface area contributed by atoms with Crippen molar-refractivity contribution in [2.24, 2.45) is 0 Å².